The van der Waals surface area contributed by atoms with Crippen LogP contribution in [0.3, 0.4) is 0 Å². The number of aromatic nitrogens is 2. The topological polar surface area (TPSA) is 75.4 Å². The third-order valence-corrected chi connectivity index (χ3v) is 5.32. The molecule has 2 saturated carbocycles. The highest BCUT2D eigenvalue weighted by atomic mass is 16.4. The minimum absolute atomic E-state index is 0.101. The lowest BCUT2D eigenvalue weighted by atomic mass is 10.0. The number of carboxylic acid groups (broad SMARTS) is 1. The van der Waals surface area contributed by atoms with Crippen LogP contribution < -0.4 is 0 Å². The van der Waals surface area contributed by atoms with Crippen molar-refractivity contribution in [3.05, 3.63) is 18.0 Å². The Morgan fingerprint density at radius 3 is 2.77 bits per heavy atom. The van der Waals surface area contributed by atoms with Gasteiger partial charge in [0.05, 0.1) is 17.8 Å². The Bertz CT molecular complexity index is 608. The summed E-state index contributed by atoms with van der Waals surface area (Å²) in [6, 6.07) is 0.101. The van der Waals surface area contributed by atoms with Gasteiger partial charge >= 0.3 is 5.97 Å². The van der Waals surface area contributed by atoms with Crippen LogP contribution in [-0.4, -0.2) is 44.8 Å². The second kappa shape index (κ2) is 5.11. The van der Waals surface area contributed by atoms with Gasteiger partial charge in [0.15, 0.2) is 0 Å². The Hall–Kier alpha value is -1.85. The van der Waals surface area contributed by atoms with Crippen LogP contribution in [0, 0.1) is 17.8 Å². The van der Waals surface area contributed by atoms with Crippen molar-refractivity contribution in [2.24, 2.45) is 17.8 Å². The molecule has 3 fully saturated rings. The van der Waals surface area contributed by atoms with Gasteiger partial charge in [-0.05, 0) is 43.9 Å². The van der Waals surface area contributed by atoms with E-state index >= 15 is 0 Å². The van der Waals surface area contributed by atoms with Crippen LogP contribution in [0.15, 0.2) is 12.4 Å². The number of carbonyl (C=O) groups is 2. The van der Waals surface area contributed by atoms with Crippen molar-refractivity contribution in [1.29, 1.82) is 0 Å². The molecule has 3 atom stereocenters. The molecule has 3 aliphatic rings. The van der Waals surface area contributed by atoms with E-state index in [0.717, 1.165) is 31.7 Å². The molecule has 0 bridgehead atoms. The van der Waals surface area contributed by atoms with Gasteiger partial charge in [-0.1, -0.05) is 0 Å². The van der Waals surface area contributed by atoms with Gasteiger partial charge in [0.2, 0.25) is 5.91 Å². The van der Waals surface area contributed by atoms with E-state index in [4.69, 9.17) is 5.11 Å². The standard InChI is InChI=1S/C16H21N3O3/c20-15(14-6-13(14)10-3-4-10)18-5-1-2-12(9-18)19-8-11(7-17-19)16(21)22/h7-8,10,12-14H,1-6,9H2,(H,21,22)/t12-,13-,14-/m1/s1. The molecular formula is C16H21N3O3. The van der Waals surface area contributed by atoms with E-state index < -0.39 is 5.97 Å². The highest BCUT2D eigenvalue weighted by Gasteiger charge is 2.52. The van der Waals surface area contributed by atoms with E-state index in [2.05, 4.69) is 5.10 Å². The molecule has 2 aliphatic carbocycles. The van der Waals surface area contributed by atoms with E-state index in [1.165, 1.54) is 19.0 Å². The maximum Gasteiger partial charge on any atom is 0.338 e. The summed E-state index contributed by atoms with van der Waals surface area (Å²) in [6.45, 7) is 1.49. The van der Waals surface area contributed by atoms with Crippen molar-refractivity contribution >= 4 is 11.9 Å². The summed E-state index contributed by atoms with van der Waals surface area (Å²) >= 11 is 0. The van der Waals surface area contributed by atoms with Gasteiger partial charge in [-0.2, -0.15) is 5.10 Å². The summed E-state index contributed by atoms with van der Waals surface area (Å²) < 4.78 is 1.72. The Balaban J connectivity index is 1.40. The van der Waals surface area contributed by atoms with Crippen LogP contribution in [0.4, 0.5) is 0 Å². The number of aromatic carboxylic acids is 1. The zero-order valence-electron chi connectivity index (χ0n) is 12.5. The average Bonchev–Trinajstić information content (AvgIpc) is 3.42. The van der Waals surface area contributed by atoms with Crippen LogP contribution in [-0.2, 0) is 4.79 Å². The molecule has 1 aromatic heterocycles. The first-order valence-corrected chi connectivity index (χ1v) is 8.19. The molecule has 6 nitrogen and oxygen atoms in total. The smallest absolute Gasteiger partial charge is 0.338 e. The van der Waals surface area contributed by atoms with E-state index in [9.17, 15) is 9.59 Å². The van der Waals surface area contributed by atoms with Crippen molar-refractivity contribution in [3.8, 4) is 0 Å². The van der Waals surface area contributed by atoms with Crippen molar-refractivity contribution in [2.45, 2.75) is 38.1 Å². The number of likely N-dealkylation sites (tertiary alicyclic amines) is 1. The van der Waals surface area contributed by atoms with Crippen molar-refractivity contribution in [3.63, 3.8) is 0 Å². The maximum atomic E-state index is 12.6. The van der Waals surface area contributed by atoms with Crippen molar-refractivity contribution < 1.29 is 14.7 Å². The van der Waals surface area contributed by atoms with Crippen LogP contribution in [0.1, 0.15) is 48.5 Å². The first kappa shape index (κ1) is 13.8. The Labute approximate surface area is 129 Å². The van der Waals surface area contributed by atoms with Crippen molar-refractivity contribution in [1.82, 2.24) is 14.7 Å². The van der Waals surface area contributed by atoms with Crippen LogP contribution in [0.2, 0.25) is 0 Å². The van der Waals surface area contributed by atoms with E-state index in [1.807, 2.05) is 4.90 Å². The summed E-state index contributed by atoms with van der Waals surface area (Å²) in [6.07, 6.45) is 8.55. The monoisotopic (exact) mass is 303 g/mol. The summed E-state index contributed by atoms with van der Waals surface area (Å²) in [4.78, 5) is 25.5. The Morgan fingerprint density at radius 2 is 2.09 bits per heavy atom. The highest BCUT2D eigenvalue weighted by Crippen LogP contribution is 2.55. The molecule has 1 aliphatic heterocycles. The van der Waals surface area contributed by atoms with E-state index in [-0.39, 0.29) is 17.5 Å². The highest BCUT2D eigenvalue weighted by molar-refractivity contribution is 5.86. The molecule has 0 radical (unpaired) electrons. The molecule has 0 unspecified atom stereocenters. The number of carboxylic acids is 1. The fraction of sp³-hybridized carbons (Fsp3) is 0.688. The van der Waals surface area contributed by atoms with Gasteiger partial charge in [0, 0.05) is 25.2 Å². The normalized spacial score (nSPS) is 31.1. The van der Waals surface area contributed by atoms with Crippen LogP contribution >= 0.6 is 0 Å². The molecule has 1 N–H and O–H groups in total. The second-order valence-electron chi connectivity index (χ2n) is 6.94. The van der Waals surface area contributed by atoms with Gasteiger partial charge in [-0.15, -0.1) is 0 Å². The molecule has 6 heteroatoms. The Kier molecular flexibility index (Phi) is 3.20. The second-order valence-corrected chi connectivity index (χ2v) is 6.94. The number of piperidine rings is 1. The van der Waals surface area contributed by atoms with Crippen LogP contribution in [0.25, 0.3) is 0 Å². The SMILES string of the molecule is O=C(O)c1cnn([C@@H]2CCCN(C(=O)[C@@H]3C[C@@H]3C3CC3)C2)c1. The number of carbonyl (C=O) groups excluding carboxylic acids is 1. The maximum absolute atomic E-state index is 12.6. The minimum Gasteiger partial charge on any atom is -0.478 e. The zero-order chi connectivity index (χ0) is 15.3. The third kappa shape index (κ3) is 2.51. The van der Waals surface area contributed by atoms with Gasteiger partial charge in [0.25, 0.3) is 0 Å². The molecule has 4 rings (SSSR count). The summed E-state index contributed by atoms with van der Waals surface area (Å²) in [5, 5.41) is 13.2. The number of amides is 1. The lowest BCUT2D eigenvalue weighted by molar-refractivity contribution is -0.134. The largest absolute Gasteiger partial charge is 0.478 e. The number of nitrogens with zero attached hydrogens (tertiary/aromatic N) is 3. The average molecular weight is 303 g/mol. The van der Waals surface area contributed by atoms with Gasteiger partial charge in [-0.25, -0.2) is 4.79 Å². The molecule has 1 aromatic rings. The number of rotatable bonds is 4. The van der Waals surface area contributed by atoms with E-state index in [1.54, 1.807) is 10.9 Å². The summed E-state index contributed by atoms with van der Waals surface area (Å²) in [7, 11) is 0. The first-order chi connectivity index (χ1) is 10.6. The molecule has 0 spiro atoms. The lowest BCUT2D eigenvalue weighted by Crippen LogP contribution is -2.41. The third-order valence-electron chi connectivity index (χ3n) is 5.32. The van der Waals surface area contributed by atoms with Gasteiger partial charge < -0.3 is 10.0 Å². The fourth-order valence-electron chi connectivity index (χ4n) is 3.80. The molecule has 2 heterocycles. The molecule has 118 valence electrons. The predicted molar refractivity (Wildman–Crippen MR) is 78.4 cm³/mol. The minimum atomic E-state index is -0.958. The van der Waals surface area contributed by atoms with Gasteiger partial charge in [0.1, 0.15) is 0 Å². The molecule has 22 heavy (non-hydrogen) atoms. The zero-order valence-corrected chi connectivity index (χ0v) is 12.5. The summed E-state index contributed by atoms with van der Waals surface area (Å²) in [5.74, 6) is 1.08. The lowest BCUT2D eigenvalue weighted by Gasteiger charge is -2.33. The van der Waals surface area contributed by atoms with Gasteiger partial charge in [-0.3, -0.25) is 9.48 Å². The Morgan fingerprint density at radius 1 is 1.27 bits per heavy atom. The molecule has 1 saturated heterocycles. The molecule has 1 amide bonds. The predicted octanol–water partition coefficient (Wildman–Crippen LogP) is 1.79. The quantitative estimate of drug-likeness (QED) is 0.920. The van der Waals surface area contributed by atoms with Crippen LogP contribution in [0.5, 0.6) is 0 Å². The number of hydrogen-bond donors (Lipinski definition) is 1. The van der Waals surface area contributed by atoms with E-state index in [0.29, 0.717) is 18.4 Å². The molecule has 0 aromatic carbocycles. The number of hydrogen-bond acceptors (Lipinski definition) is 3. The molecular weight excluding hydrogens is 282 g/mol. The fourth-order valence-corrected chi connectivity index (χ4v) is 3.80. The van der Waals surface area contributed by atoms with Crippen molar-refractivity contribution in [2.75, 3.05) is 13.1 Å². The first-order valence-electron chi connectivity index (χ1n) is 8.19. The summed E-state index contributed by atoms with van der Waals surface area (Å²) in [5.41, 5.74) is 0.208.